The molecule has 2 rings (SSSR count). The van der Waals surface area contributed by atoms with Gasteiger partial charge in [0.15, 0.2) is 0 Å². The van der Waals surface area contributed by atoms with Crippen LogP contribution in [0.15, 0.2) is 24.3 Å². The number of hydrogen-bond donors (Lipinski definition) is 3. The van der Waals surface area contributed by atoms with Crippen LogP contribution in [0.3, 0.4) is 0 Å². The molecule has 1 aromatic rings. The Morgan fingerprint density at radius 1 is 1.20 bits per heavy atom. The first-order chi connectivity index (χ1) is 9.32. The summed E-state index contributed by atoms with van der Waals surface area (Å²) in [6, 6.07) is 7.08. The number of aliphatic carboxylic acids is 1. The van der Waals surface area contributed by atoms with Crippen LogP contribution in [0, 0.1) is 11.8 Å². The Labute approximate surface area is 119 Å². The Hall–Kier alpha value is -1.55. The molecule has 1 fully saturated rings. The van der Waals surface area contributed by atoms with E-state index in [4.69, 9.17) is 0 Å². The smallest absolute Gasteiger partial charge is 0.309 e. The largest absolute Gasteiger partial charge is 0.508 e. The van der Waals surface area contributed by atoms with E-state index >= 15 is 0 Å². The van der Waals surface area contributed by atoms with Crippen LogP contribution in [0.4, 0.5) is 0 Å². The van der Waals surface area contributed by atoms with E-state index in [0.717, 1.165) is 12.0 Å². The van der Waals surface area contributed by atoms with Gasteiger partial charge < -0.3 is 15.3 Å². The predicted molar refractivity (Wildman–Crippen MR) is 75.6 cm³/mol. The van der Waals surface area contributed by atoms with Crippen molar-refractivity contribution in [1.29, 1.82) is 0 Å². The van der Waals surface area contributed by atoms with Gasteiger partial charge in [0.05, 0.1) is 12.0 Å². The normalized spacial score (nSPS) is 27.2. The van der Waals surface area contributed by atoms with Gasteiger partial charge >= 0.3 is 5.97 Å². The second kappa shape index (κ2) is 5.44. The lowest BCUT2D eigenvalue weighted by Crippen LogP contribution is -2.41. The number of phenols is 1. The molecule has 110 valence electrons. The number of hydrogen-bond acceptors (Lipinski definition) is 3. The third kappa shape index (κ3) is 2.80. The number of rotatable bonds is 3. The van der Waals surface area contributed by atoms with E-state index in [1.54, 1.807) is 12.1 Å². The molecule has 1 aliphatic rings. The minimum atomic E-state index is -0.913. The number of carbonyl (C=O) groups is 1. The second-order valence-electron chi connectivity index (χ2n) is 6.29. The zero-order valence-electron chi connectivity index (χ0n) is 11.9. The summed E-state index contributed by atoms with van der Waals surface area (Å²) in [5, 5.41) is 28.4. The Morgan fingerprint density at radius 3 is 2.35 bits per heavy atom. The minimum absolute atomic E-state index is 0.179. The molecule has 0 amide bonds. The zero-order valence-corrected chi connectivity index (χ0v) is 11.9. The fourth-order valence-corrected chi connectivity index (χ4v) is 3.20. The minimum Gasteiger partial charge on any atom is -0.508 e. The summed E-state index contributed by atoms with van der Waals surface area (Å²) in [7, 11) is 0. The molecule has 1 aliphatic carbocycles. The summed E-state index contributed by atoms with van der Waals surface area (Å²) < 4.78 is 0. The van der Waals surface area contributed by atoms with E-state index in [9.17, 15) is 20.1 Å². The van der Waals surface area contributed by atoms with Gasteiger partial charge in [0.1, 0.15) is 5.75 Å². The van der Waals surface area contributed by atoms with Crippen molar-refractivity contribution in [2.45, 2.75) is 44.6 Å². The maximum atomic E-state index is 11.2. The maximum absolute atomic E-state index is 11.2. The van der Waals surface area contributed by atoms with Gasteiger partial charge in [-0.1, -0.05) is 26.0 Å². The molecule has 0 saturated heterocycles. The van der Waals surface area contributed by atoms with Crippen molar-refractivity contribution in [3.63, 3.8) is 0 Å². The van der Waals surface area contributed by atoms with E-state index in [-0.39, 0.29) is 17.1 Å². The Kier molecular flexibility index (Phi) is 4.04. The third-order valence-corrected chi connectivity index (χ3v) is 4.76. The number of carboxylic acids is 1. The van der Waals surface area contributed by atoms with Gasteiger partial charge in [-0.25, -0.2) is 0 Å². The van der Waals surface area contributed by atoms with E-state index in [0.29, 0.717) is 12.8 Å². The van der Waals surface area contributed by atoms with Crippen LogP contribution >= 0.6 is 0 Å². The van der Waals surface area contributed by atoms with Crippen LogP contribution in [0.25, 0.3) is 0 Å². The highest BCUT2D eigenvalue weighted by molar-refractivity contribution is 5.70. The molecule has 20 heavy (non-hydrogen) atoms. The SMILES string of the molecule is CC(C)(c1ccc(O)cc1)C1CCC(O)C(C(=O)O)C1. The van der Waals surface area contributed by atoms with Crippen molar-refractivity contribution >= 4 is 5.97 Å². The van der Waals surface area contributed by atoms with Gasteiger partial charge in [-0.3, -0.25) is 4.79 Å². The van der Waals surface area contributed by atoms with Gasteiger partial charge in [0.25, 0.3) is 0 Å². The van der Waals surface area contributed by atoms with E-state index in [1.807, 2.05) is 12.1 Å². The fourth-order valence-electron chi connectivity index (χ4n) is 3.20. The van der Waals surface area contributed by atoms with Crippen molar-refractivity contribution in [1.82, 2.24) is 0 Å². The second-order valence-corrected chi connectivity index (χ2v) is 6.29. The summed E-state index contributed by atoms with van der Waals surface area (Å²) in [5.74, 6) is -1.16. The molecule has 0 radical (unpaired) electrons. The number of aliphatic hydroxyl groups excluding tert-OH is 1. The Bertz CT molecular complexity index is 478. The molecule has 4 nitrogen and oxygen atoms in total. The fraction of sp³-hybridized carbons (Fsp3) is 0.562. The molecule has 3 unspecified atom stereocenters. The van der Waals surface area contributed by atoms with Gasteiger partial charge in [-0.05, 0) is 48.3 Å². The quantitative estimate of drug-likeness (QED) is 0.794. The van der Waals surface area contributed by atoms with Crippen LogP contribution in [0.1, 0.15) is 38.7 Å². The lowest BCUT2D eigenvalue weighted by Gasteiger charge is -2.41. The summed E-state index contributed by atoms with van der Waals surface area (Å²) >= 11 is 0. The number of phenolic OH excluding ortho intramolecular Hbond substituents is 1. The van der Waals surface area contributed by atoms with Crippen molar-refractivity contribution < 1.29 is 20.1 Å². The summed E-state index contributed by atoms with van der Waals surface area (Å²) in [6.45, 7) is 4.20. The Balaban J connectivity index is 2.21. The molecule has 1 aromatic carbocycles. The predicted octanol–water partition coefficient (Wildman–Crippen LogP) is 2.53. The molecular formula is C16H22O4. The van der Waals surface area contributed by atoms with Crippen LogP contribution in [0.5, 0.6) is 5.75 Å². The topological polar surface area (TPSA) is 77.8 Å². The maximum Gasteiger partial charge on any atom is 0.309 e. The number of carboxylic acid groups (broad SMARTS) is 1. The van der Waals surface area contributed by atoms with Crippen molar-refractivity contribution in [2.24, 2.45) is 11.8 Å². The van der Waals surface area contributed by atoms with E-state index < -0.39 is 18.0 Å². The lowest BCUT2D eigenvalue weighted by atomic mass is 9.64. The average Bonchev–Trinajstić information content (AvgIpc) is 2.39. The Morgan fingerprint density at radius 2 is 1.80 bits per heavy atom. The third-order valence-electron chi connectivity index (χ3n) is 4.76. The summed E-state index contributed by atoms with van der Waals surface area (Å²) in [5.41, 5.74) is 0.905. The van der Waals surface area contributed by atoms with E-state index in [2.05, 4.69) is 13.8 Å². The molecule has 4 heteroatoms. The summed E-state index contributed by atoms with van der Waals surface area (Å²) in [6.07, 6.45) is 1.10. The van der Waals surface area contributed by atoms with Crippen LogP contribution in [0.2, 0.25) is 0 Å². The van der Waals surface area contributed by atoms with Crippen molar-refractivity contribution in [2.75, 3.05) is 0 Å². The average molecular weight is 278 g/mol. The lowest BCUT2D eigenvalue weighted by molar-refractivity contribution is -0.148. The zero-order chi connectivity index (χ0) is 14.9. The standard InChI is InChI=1S/C16H22O4/c1-16(2,10-3-6-12(17)7-4-10)11-5-8-14(18)13(9-11)15(19)20/h3-4,6-7,11,13-14,17-18H,5,8-9H2,1-2H3,(H,19,20). The molecule has 0 spiro atoms. The molecule has 0 aliphatic heterocycles. The van der Waals surface area contributed by atoms with Crippen LogP contribution < -0.4 is 0 Å². The van der Waals surface area contributed by atoms with Crippen LogP contribution in [-0.4, -0.2) is 27.4 Å². The molecule has 0 aromatic heterocycles. The molecule has 1 saturated carbocycles. The van der Waals surface area contributed by atoms with E-state index in [1.165, 1.54) is 0 Å². The highest BCUT2D eigenvalue weighted by Gasteiger charge is 2.41. The molecule has 3 N–H and O–H groups in total. The first kappa shape index (κ1) is 14.9. The van der Waals surface area contributed by atoms with Gasteiger partial charge in [-0.15, -0.1) is 0 Å². The van der Waals surface area contributed by atoms with Gasteiger partial charge in [0, 0.05) is 0 Å². The number of benzene rings is 1. The number of aliphatic hydroxyl groups is 1. The van der Waals surface area contributed by atoms with Gasteiger partial charge in [-0.2, -0.15) is 0 Å². The molecule has 3 atom stereocenters. The monoisotopic (exact) mass is 278 g/mol. The molecule has 0 heterocycles. The van der Waals surface area contributed by atoms with Crippen molar-refractivity contribution in [3.8, 4) is 5.75 Å². The first-order valence-corrected chi connectivity index (χ1v) is 7.02. The highest BCUT2D eigenvalue weighted by Crippen LogP contribution is 2.43. The molecule has 0 bridgehead atoms. The summed E-state index contributed by atoms with van der Waals surface area (Å²) in [4.78, 5) is 11.2. The van der Waals surface area contributed by atoms with Crippen LogP contribution in [-0.2, 0) is 10.2 Å². The first-order valence-electron chi connectivity index (χ1n) is 7.02. The highest BCUT2D eigenvalue weighted by atomic mass is 16.4. The van der Waals surface area contributed by atoms with Crippen molar-refractivity contribution in [3.05, 3.63) is 29.8 Å². The molecular weight excluding hydrogens is 256 g/mol. The van der Waals surface area contributed by atoms with Gasteiger partial charge in [0.2, 0.25) is 0 Å². The number of aromatic hydroxyl groups is 1.